The molecule has 1 aromatic carbocycles. The molecule has 1 aliphatic rings. The lowest BCUT2D eigenvalue weighted by Gasteiger charge is -2.32. The van der Waals surface area contributed by atoms with Crippen LogP contribution in [0.25, 0.3) is 0 Å². The fourth-order valence-electron chi connectivity index (χ4n) is 3.55. The number of piperazine rings is 1. The first kappa shape index (κ1) is 24.5. The molecule has 0 amide bonds. The summed E-state index contributed by atoms with van der Waals surface area (Å²) >= 11 is 0. The van der Waals surface area contributed by atoms with Gasteiger partial charge in [-0.05, 0) is 50.4 Å². The highest BCUT2D eigenvalue weighted by molar-refractivity contribution is 5.79. The third-order valence-corrected chi connectivity index (χ3v) is 5.67. The molecule has 0 saturated carbocycles. The Labute approximate surface area is 178 Å². The van der Waals surface area contributed by atoms with Gasteiger partial charge in [0, 0.05) is 46.3 Å². The zero-order valence-corrected chi connectivity index (χ0v) is 18.4. The van der Waals surface area contributed by atoms with Gasteiger partial charge < -0.3 is 20.4 Å². The second-order valence-electron chi connectivity index (χ2n) is 8.09. The quantitative estimate of drug-likeness (QED) is 0.360. The van der Waals surface area contributed by atoms with E-state index < -0.39 is 11.7 Å². The first-order chi connectivity index (χ1) is 14.3. The predicted octanol–water partition coefficient (Wildman–Crippen LogP) is 3.39. The molecular formula is C22H36F3N5. The Kier molecular flexibility index (Phi) is 9.91. The molecule has 5 nitrogen and oxygen atoms in total. The van der Waals surface area contributed by atoms with Crippen molar-refractivity contribution in [3.8, 4) is 0 Å². The van der Waals surface area contributed by atoms with Crippen LogP contribution < -0.4 is 10.6 Å². The lowest BCUT2D eigenvalue weighted by atomic mass is 9.96. The van der Waals surface area contributed by atoms with E-state index in [4.69, 9.17) is 0 Å². The van der Waals surface area contributed by atoms with Gasteiger partial charge in [0.05, 0.1) is 5.56 Å². The minimum atomic E-state index is -4.30. The Balaban J connectivity index is 1.62. The summed E-state index contributed by atoms with van der Waals surface area (Å²) in [6.07, 6.45) is -1.34. The fourth-order valence-corrected chi connectivity index (χ4v) is 3.55. The lowest BCUT2D eigenvalue weighted by Crippen LogP contribution is -2.44. The van der Waals surface area contributed by atoms with Gasteiger partial charge >= 0.3 is 6.18 Å². The maximum absolute atomic E-state index is 12.9. The maximum atomic E-state index is 12.9. The van der Waals surface area contributed by atoms with Crippen LogP contribution >= 0.6 is 0 Å². The van der Waals surface area contributed by atoms with Crippen molar-refractivity contribution in [2.24, 2.45) is 4.99 Å². The van der Waals surface area contributed by atoms with Gasteiger partial charge in [0.2, 0.25) is 0 Å². The molecule has 1 unspecified atom stereocenters. The highest BCUT2D eigenvalue weighted by atomic mass is 19.4. The van der Waals surface area contributed by atoms with Crippen LogP contribution in [0.3, 0.4) is 0 Å². The van der Waals surface area contributed by atoms with E-state index in [2.05, 4.69) is 32.5 Å². The van der Waals surface area contributed by atoms with E-state index >= 15 is 0 Å². The third kappa shape index (κ3) is 8.52. The summed E-state index contributed by atoms with van der Waals surface area (Å²) in [5.41, 5.74) is 0.118. The monoisotopic (exact) mass is 427 g/mol. The molecule has 1 heterocycles. The molecule has 1 aliphatic heterocycles. The van der Waals surface area contributed by atoms with Crippen molar-refractivity contribution in [2.45, 2.75) is 38.3 Å². The minimum Gasteiger partial charge on any atom is -0.356 e. The number of benzene rings is 1. The number of alkyl halides is 3. The summed E-state index contributed by atoms with van der Waals surface area (Å²) in [6.45, 7) is 9.19. The van der Waals surface area contributed by atoms with Gasteiger partial charge in [0.25, 0.3) is 0 Å². The van der Waals surface area contributed by atoms with Crippen molar-refractivity contribution >= 4 is 5.96 Å². The molecule has 0 bridgehead atoms. The number of nitrogens with zero attached hydrogens (tertiary/aromatic N) is 3. The van der Waals surface area contributed by atoms with Crippen molar-refractivity contribution in [1.29, 1.82) is 0 Å². The lowest BCUT2D eigenvalue weighted by molar-refractivity contribution is -0.137. The van der Waals surface area contributed by atoms with E-state index in [1.54, 1.807) is 13.1 Å². The molecule has 2 N–H and O–H groups in total. The second-order valence-corrected chi connectivity index (χ2v) is 8.09. The van der Waals surface area contributed by atoms with Crippen LogP contribution in [-0.4, -0.2) is 75.7 Å². The van der Waals surface area contributed by atoms with E-state index in [0.29, 0.717) is 12.1 Å². The van der Waals surface area contributed by atoms with Crippen molar-refractivity contribution in [1.82, 2.24) is 20.4 Å². The fraction of sp³-hybridized carbons (Fsp3) is 0.682. The van der Waals surface area contributed by atoms with Gasteiger partial charge in [-0.25, -0.2) is 0 Å². The van der Waals surface area contributed by atoms with E-state index in [1.807, 2.05) is 6.92 Å². The average Bonchev–Trinajstić information content (AvgIpc) is 2.73. The van der Waals surface area contributed by atoms with Crippen molar-refractivity contribution in [3.05, 3.63) is 35.4 Å². The summed E-state index contributed by atoms with van der Waals surface area (Å²) in [7, 11) is 3.90. The number of guanidine groups is 1. The number of hydrogen-bond acceptors (Lipinski definition) is 3. The first-order valence-corrected chi connectivity index (χ1v) is 10.8. The van der Waals surface area contributed by atoms with Crippen molar-refractivity contribution in [3.63, 3.8) is 0 Å². The molecule has 2 rings (SSSR count). The number of nitrogens with one attached hydrogen (secondary N) is 2. The van der Waals surface area contributed by atoms with Gasteiger partial charge in [0.15, 0.2) is 5.96 Å². The Bertz CT molecular complexity index is 654. The topological polar surface area (TPSA) is 42.9 Å². The Morgan fingerprint density at radius 2 is 1.80 bits per heavy atom. The standard InChI is InChI=1S/C22H36F3N5/c1-18(19-7-6-8-20(17-19)22(23,24)25)9-11-28-21(26-2)27-10-4-5-12-30-15-13-29(3)14-16-30/h6-8,17-18H,4-5,9-16H2,1-3H3,(H2,26,27,28). The summed E-state index contributed by atoms with van der Waals surface area (Å²) in [5.74, 6) is 0.771. The van der Waals surface area contributed by atoms with Gasteiger partial charge in [-0.2, -0.15) is 13.2 Å². The van der Waals surface area contributed by atoms with Gasteiger partial charge in [0.1, 0.15) is 0 Å². The van der Waals surface area contributed by atoms with Crippen LogP contribution in [0.2, 0.25) is 0 Å². The SMILES string of the molecule is CN=C(NCCCCN1CCN(C)CC1)NCCC(C)c1cccc(C(F)(F)F)c1. The number of aliphatic imine (C=N–C) groups is 1. The Morgan fingerprint density at radius 3 is 2.47 bits per heavy atom. The van der Waals surface area contributed by atoms with Gasteiger partial charge in [-0.3, -0.25) is 4.99 Å². The largest absolute Gasteiger partial charge is 0.416 e. The van der Waals surface area contributed by atoms with Crippen LogP contribution in [-0.2, 0) is 6.18 Å². The van der Waals surface area contributed by atoms with E-state index in [9.17, 15) is 13.2 Å². The molecule has 170 valence electrons. The minimum absolute atomic E-state index is 0.0292. The second kappa shape index (κ2) is 12.2. The number of halogens is 3. The predicted molar refractivity (Wildman–Crippen MR) is 117 cm³/mol. The number of unbranched alkanes of at least 4 members (excludes halogenated alkanes) is 1. The Morgan fingerprint density at radius 1 is 1.10 bits per heavy atom. The number of rotatable bonds is 9. The van der Waals surface area contributed by atoms with E-state index in [-0.39, 0.29) is 5.92 Å². The molecule has 1 aromatic rings. The summed E-state index contributed by atoms with van der Waals surface area (Å²) < 4.78 is 38.7. The molecular weight excluding hydrogens is 391 g/mol. The van der Waals surface area contributed by atoms with Crippen LogP contribution in [0, 0.1) is 0 Å². The summed E-state index contributed by atoms with van der Waals surface area (Å²) in [6, 6.07) is 5.60. The van der Waals surface area contributed by atoms with Crippen LogP contribution in [0.15, 0.2) is 29.3 Å². The van der Waals surface area contributed by atoms with E-state index in [1.165, 1.54) is 12.1 Å². The van der Waals surface area contributed by atoms with Crippen molar-refractivity contribution in [2.75, 3.05) is 59.9 Å². The van der Waals surface area contributed by atoms with Crippen molar-refractivity contribution < 1.29 is 13.2 Å². The highest BCUT2D eigenvalue weighted by Crippen LogP contribution is 2.31. The molecule has 0 aliphatic carbocycles. The smallest absolute Gasteiger partial charge is 0.356 e. The molecule has 1 saturated heterocycles. The normalized spacial score (nSPS) is 17.7. The van der Waals surface area contributed by atoms with Gasteiger partial charge in [-0.15, -0.1) is 0 Å². The zero-order valence-electron chi connectivity index (χ0n) is 18.4. The molecule has 30 heavy (non-hydrogen) atoms. The first-order valence-electron chi connectivity index (χ1n) is 10.8. The molecule has 8 heteroatoms. The molecule has 1 fully saturated rings. The summed E-state index contributed by atoms with van der Waals surface area (Å²) in [5, 5.41) is 6.58. The van der Waals surface area contributed by atoms with E-state index in [0.717, 1.165) is 70.6 Å². The Hall–Kier alpha value is -1.80. The van der Waals surface area contributed by atoms with Crippen LogP contribution in [0.4, 0.5) is 13.2 Å². The molecule has 0 aromatic heterocycles. The zero-order chi connectivity index (χ0) is 22.0. The maximum Gasteiger partial charge on any atom is 0.416 e. The third-order valence-electron chi connectivity index (χ3n) is 5.67. The average molecular weight is 428 g/mol. The summed E-state index contributed by atoms with van der Waals surface area (Å²) in [4.78, 5) is 9.11. The molecule has 1 atom stereocenters. The number of likely N-dealkylation sites (N-methyl/N-ethyl adjacent to an activating group) is 1. The van der Waals surface area contributed by atoms with Crippen LogP contribution in [0.5, 0.6) is 0 Å². The van der Waals surface area contributed by atoms with Gasteiger partial charge in [-0.1, -0.05) is 25.1 Å². The molecule has 0 radical (unpaired) electrons. The molecule has 0 spiro atoms. The van der Waals surface area contributed by atoms with Crippen LogP contribution in [0.1, 0.15) is 43.2 Å². The highest BCUT2D eigenvalue weighted by Gasteiger charge is 2.30. The number of hydrogen-bond donors (Lipinski definition) is 2.